The zero-order chi connectivity index (χ0) is 25.6. The lowest BCUT2D eigenvalue weighted by Crippen LogP contribution is -2.32. The molecule has 1 rings (SSSR count). The van der Waals surface area contributed by atoms with Crippen LogP contribution in [0.1, 0.15) is 115 Å². The lowest BCUT2D eigenvalue weighted by atomic mass is 10.0. The SMILES string of the molecule is CCCCCCCCCCCCCCCCCC(=O)O.N[C@@H](Cc1ccc(O)c(O)c1)C(=O)O. The molecule has 0 saturated heterocycles. The van der Waals surface area contributed by atoms with Crippen LogP contribution in [-0.4, -0.2) is 38.4 Å². The van der Waals surface area contributed by atoms with Gasteiger partial charge < -0.3 is 26.2 Å². The molecule has 0 aliphatic heterocycles. The molecule has 0 aliphatic carbocycles. The Morgan fingerprint density at radius 1 is 0.735 bits per heavy atom. The van der Waals surface area contributed by atoms with Crippen molar-refractivity contribution >= 4 is 11.9 Å². The Kier molecular flexibility index (Phi) is 19.8. The summed E-state index contributed by atoms with van der Waals surface area (Å²) in [6.45, 7) is 2.27. The van der Waals surface area contributed by atoms with E-state index in [0.717, 1.165) is 12.8 Å². The number of carbonyl (C=O) groups is 2. The predicted molar refractivity (Wildman–Crippen MR) is 136 cm³/mol. The smallest absolute Gasteiger partial charge is 0.320 e. The molecule has 1 aromatic rings. The van der Waals surface area contributed by atoms with Crippen LogP contribution in [0.2, 0.25) is 0 Å². The lowest BCUT2D eigenvalue weighted by Gasteiger charge is -2.06. The van der Waals surface area contributed by atoms with E-state index in [4.69, 9.17) is 26.2 Å². The predicted octanol–water partition coefficient (Wildman–Crippen LogP) is 6.38. The fourth-order valence-corrected chi connectivity index (χ4v) is 3.68. The summed E-state index contributed by atoms with van der Waals surface area (Å²) < 4.78 is 0. The number of aliphatic carboxylic acids is 2. The molecule has 0 amide bonds. The second-order valence-electron chi connectivity index (χ2n) is 9.07. The molecular weight excluding hydrogens is 434 g/mol. The topological polar surface area (TPSA) is 141 Å². The molecular formula is C27H47NO6. The van der Waals surface area contributed by atoms with Gasteiger partial charge in [0.2, 0.25) is 0 Å². The molecule has 0 bridgehead atoms. The fourth-order valence-electron chi connectivity index (χ4n) is 3.68. The van der Waals surface area contributed by atoms with Crippen molar-refractivity contribution in [3.8, 4) is 11.5 Å². The van der Waals surface area contributed by atoms with E-state index in [1.807, 2.05) is 0 Å². The monoisotopic (exact) mass is 481 g/mol. The Labute approximate surface area is 205 Å². The standard InChI is InChI=1S/C18H36O2.C9H11NO4/c1-2-3-4-5-6-7-8-9-10-11-12-13-14-15-16-17-18(19)20;10-6(9(13)14)3-5-1-2-7(11)8(12)4-5/h2-17H2,1H3,(H,19,20);1-2,4,6,11-12H,3,10H2,(H,13,14)/t;6-/m.0/s1. The average Bonchev–Trinajstić information content (AvgIpc) is 2.79. The maximum Gasteiger partial charge on any atom is 0.320 e. The molecule has 6 N–H and O–H groups in total. The van der Waals surface area contributed by atoms with Crippen LogP contribution in [0, 0.1) is 0 Å². The summed E-state index contributed by atoms with van der Waals surface area (Å²) in [6, 6.07) is 3.09. The van der Waals surface area contributed by atoms with E-state index in [0.29, 0.717) is 12.0 Å². The van der Waals surface area contributed by atoms with Gasteiger partial charge in [-0.2, -0.15) is 0 Å². The Hall–Kier alpha value is -2.28. The first-order chi connectivity index (χ1) is 16.3. The summed E-state index contributed by atoms with van der Waals surface area (Å²) in [7, 11) is 0. The number of hydrogen-bond acceptors (Lipinski definition) is 5. The van der Waals surface area contributed by atoms with Crippen LogP contribution in [-0.2, 0) is 16.0 Å². The molecule has 0 aliphatic rings. The van der Waals surface area contributed by atoms with E-state index >= 15 is 0 Å². The van der Waals surface area contributed by atoms with E-state index in [9.17, 15) is 9.59 Å². The largest absolute Gasteiger partial charge is 0.504 e. The third-order valence-electron chi connectivity index (χ3n) is 5.81. The number of carboxylic acid groups (broad SMARTS) is 2. The molecule has 0 aromatic heterocycles. The first kappa shape index (κ1) is 31.7. The molecule has 1 atom stereocenters. The molecule has 7 heteroatoms. The van der Waals surface area contributed by atoms with Crippen LogP contribution in [0.25, 0.3) is 0 Å². The van der Waals surface area contributed by atoms with E-state index in [2.05, 4.69) is 6.92 Å². The van der Waals surface area contributed by atoms with Crippen molar-refractivity contribution in [1.82, 2.24) is 0 Å². The van der Waals surface area contributed by atoms with E-state index in [1.54, 1.807) is 0 Å². The Morgan fingerprint density at radius 3 is 1.56 bits per heavy atom. The third-order valence-corrected chi connectivity index (χ3v) is 5.81. The summed E-state index contributed by atoms with van der Waals surface area (Å²) in [5, 5.41) is 35.2. The van der Waals surface area contributed by atoms with Crippen LogP contribution >= 0.6 is 0 Å². The number of benzene rings is 1. The summed E-state index contributed by atoms with van der Waals surface area (Å²) in [5.41, 5.74) is 5.86. The minimum atomic E-state index is -1.10. The van der Waals surface area contributed by atoms with Crippen LogP contribution in [0.5, 0.6) is 11.5 Å². The Bertz CT molecular complexity index is 665. The van der Waals surface area contributed by atoms with Gasteiger partial charge in [-0.25, -0.2) is 0 Å². The third kappa shape index (κ3) is 19.2. The van der Waals surface area contributed by atoms with Gasteiger partial charge in [0.1, 0.15) is 6.04 Å². The highest BCUT2D eigenvalue weighted by atomic mass is 16.4. The molecule has 0 spiro atoms. The maximum absolute atomic E-state index is 10.4. The average molecular weight is 482 g/mol. The lowest BCUT2D eigenvalue weighted by molar-refractivity contribution is -0.139. The summed E-state index contributed by atoms with van der Waals surface area (Å²) >= 11 is 0. The van der Waals surface area contributed by atoms with Crippen molar-refractivity contribution in [2.45, 2.75) is 122 Å². The van der Waals surface area contributed by atoms with Crippen LogP contribution < -0.4 is 5.73 Å². The van der Waals surface area contributed by atoms with E-state index in [-0.39, 0.29) is 17.9 Å². The first-order valence-electron chi connectivity index (χ1n) is 13.0. The van der Waals surface area contributed by atoms with Gasteiger partial charge in [0.25, 0.3) is 0 Å². The normalized spacial score (nSPS) is 11.5. The van der Waals surface area contributed by atoms with Crippen LogP contribution in [0.4, 0.5) is 0 Å². The molecule has 0 heterocycles. The van der Waals surface area contributed by atoms with Crippen molar-refractivity contribution < 1.29 is 30.0 Å². The second-order valence-corrected chi connectivity index (χ2v) is 9.07. The zero-order valence-corrected chi connectivity index (χ0v) is 21.0. The molecule has 196 valence electrons. The number of unbranched alkanes of at least 4 members (excludes halogenated alkanes) is 14. The first-order valence-corrected chi connectivity index (χ1v) is 13.0. The van der Waals surface area contributed by atoms with Crippen LogP contribution in [0.15, 0.2) is 18.2 Å². The summed E-state index contributed by atoms with van der Waals surface area (Å²) in [5.74, 6) is -2.27. The van der Waals surface area contributed by atoms with Crippen molar-refractivity contribution in [2.75, 3.05) is 0 Å². The zero-order valence-electron chi connectivity index (χ0n) is 21.0. The number of phenolic OH excluding ortho intramolecular Hbond substituents is 2. The highest BCUT2D eigenvalue weighted by Crippen LogP contribution is 2.25. The highest BCUT2D eigenvalue weighted by molar-refractivity contribution is 5.73. The van der Waals surface area contributed by atoms with Crippen molar-refractivity contribution in [2.24, 2.45) is 5.73 Å². The van der Waals surface area contributed by atoms with Crippen molar-refractivity contribution in [3.63, 3.8) is 0 Å². The molecule has 1 aromatic carbocycles. The van der Waals surface area contributed by atoms with Gasteiger partial charge in [-0.15, -0.1) is 0 Å². The molecule has 0 unspecified atom stereocenters. The van der Waals surface area contributed by atoms with E-state index in [1.165, 1.54) is 102 Å². The van der Waals surface area contributed by atoms with Gasteiger partial charge >= 0.3 is 11.9 Å². The Balaban J connectivity index is 0.000000679. The number of phenols is 2. The van der Waals surface area contributed by atoms with Gasteiger partial charge in [0, 0.05) is 6.42 Å². The van der Waals surface area contributed by atoms with Gasteiger partial charge in [0.05, 0.1) is 0 Å². The van der Waals surface area contributed by atoms with Crippen molar-refractivity contribution in [3.05, 3.63) is 23.8 Å². The van der Waals surface area contributed by atoms with Gasteiger partial charge in [-0.1, -0.05) is 103 Å². The number of rotatable bonds is 19. The molecule has 34 heavy (non-hydrogen) atoms. The van der Waals surface area contributed by atoms with E-state index < -0.39 is 18.0 Å². The summed E-state index contributed by atoms with van der Waals surface area (Å²) in [6.07, 6.45) is 20.3. The molecule has 7 nitrogen and oxygen atoms in total. The minimum Gasteiger partial charge on any atom is -0.504 e. The van der Waals surface area contributed by atoms with Gasteiger partial charge in [0.15, 0.2) is 11.5 Å². The molecule has 0 saturated carbocycles. The number of carboxylic acids is 2. The van der Waals surface area contributed by atoms with Gasteiger partial charge in [-0.05, 0) is 30.5 Å². The number of aromatic hydroxyl groups is 2. The second kappa shape index (κ2) is 21.3. The Morgan fingerprint density at radius 2 is 1.18 bits per heavy atom. The number of hydrogen-bond donors (Lipinski definition) is 5. The molecule has 0 radical (unpaired) electrons. The van der Waals surface area contributed by atoms with Crippen molar-refractivity contribution in [1.29, 1.82) is 0 Å². The number of nitrogens with two attached hydrogens (primary N) is 1. The van der Waals surface area contributed by atoms with Gasteiger partial charge in [-0.3, -0.25) is 9.59 Å². The maximum atomic E-state index is 10.4. The quantitative estimate of drug-likeness (QED) is 0.114. The fraction of sp³-hybridized carbons (Fsp3) is 0.704. The minimum absolute atomic E-state index is 0.114. The summed E-state index contributed by atoms with van der Waals surface area (Å²) in [4.78, 5) is 20.8. The highest BCUT2D eigenvalue weighted by Gasteiger charge is 2.12. The van der Waals surface area contributed by atoms with Crippen LogP contribution in [0.3, 0.4) is 0 Å². The molecule has 0 fully saturated rings.